The minimum absolute atomic E-state index is 1.04. The van der Waals surface area contributed by atoms with E-state index in [4.69, 9.17) is 0 Å². The molecule has 386 valence electrons. The van der Waals surface area contributed by atoms with Crippen LogP contribution in [0.3, 0.4) is 0 Å². The molecule has 0 N–H and O–H groups in total. The van der Waals surface area contributed by atoms with Gasteiger partial charge in [-0.25, -0.2) is 0 Å². The lowest BCUT2D eigenvalue weighted by atomic mass is 10.0. The van der Waals surface area contributed by atoms with Crippen LogP contribution in [0.25, 0.3) is 64.6 Å². The first-order chi connectivity index (χ1) is 40.7. The number of hydrogen-bond donors (Lipinski definition) is 0. The fourth-order valence-corrected chi connectivity index (χ4v) is 12.3. The van der Waals surface area contributed by atoms with Crippen LogP contribution in [0.5, 0.6) is 0 Å². The molecule has 0 aliphatic carbocycles. The van der Waals surface area contributed by atoms with Gasteiger partial charge in [0.05, 0.1) is 34.1 Å². The van der Waals surface area contributed by atoms with Crippen LogP contribution in [0.2, 0.25) is 0 Å². The zero-order valence-corrected chi connectivity index (χ0v) is 45.0. The highest BCUT2D eigenvalue weighted by atomic mass is 15.2. The summed E-state index contributed by atoms with van der Waals surface area (Å²) in [5, 5.41) is 14.3. The zero-order chi connectivity index (χ0) is 54.3. The Morgan fingerprint density at radius 3 is 0.463 bits per heavy atom. The molecule has 0 unspecified atom stereocenters. The molecule has 0 heterocycles. The zero-order valence-electron chi connectivity index (χ0n) is 45.0. The Hall–Kier alpha value is -10.9. The topological polar surface area (TPSA) is 13.0 Å². The third-order valence-corrected chi connectivity index (χ3v) is 16.1. The monoisotopic (exact) mass is 1050 g/mol. The first kappa shape index (κ1) is 48.2. The van der Waals surface area contributed by atoms with E-state index in [9.17, 15) is 0 Å². The summed E-state index contributed by atoms with van der Waals surface area (Å²) in [6.45, 7) is 0. The molecule has 0 aliphatic rings. The molecular formula is C78H54N4. The number of rotatable bonds is 12. The van der Waals surface area contributed by atoms with Crippen LogP contribution < -0.4 is 19.6 Å². The smallest absolute Gasteiger partial charge is 0.0540 e. The van der Waals surface area contributed by atoms with Gasteiger partial charge in [-0.15, -0.1) is 0 Å². The SMILES string of the molecule is c1ccc2c(N(c3ccc(N(c4ccc(N(c5cccc6ccccc56)c5cccc6ccccc56)cc4)c4cccc5ccccc45)cc3)c3ccc(N(c4cccc5ccccc45)c4cccc5ccccc45)cc3)cccc2c1. The molecule has 0 radical (unpaired) electrons. The van der Waals surface area contributed by atoms with Crippen LogP contribution in [0.15, 0.2) is 328 Å². The van der Waals surface area contributed by atoms with Gasteiger partial charge in [-0.1, -0.05) is 218 Å². The second-order valence-corrected chi connectivity index (χ2v) is 20.9. The van der Waals surface area contributed by atoms with Crippen molar-refractivity contribution in [1.82, 2.24) is 0 Å². The Bertz CT molecular complexity index is 4340. The van der Waals surface area contributed by atoms with Crippen molar-refractivity contribution < 1.29 is 0 Å². The Morgan fingerprint density at radius 1 is 0.122 bits per heavy atom. The van der Waals surface area contributed by atoms with Gasteiger partial charge < -0.3 is 19.6 Å². The molecule has 15 aromatic carbocycles. The second-order valence-electron chi connectivity index (χ2n) is 20.9. The summed E-state index contributed by atoms with van der Waals surface area (Å²) in [5.74, 6) is 0. The largest absolute Gasteiger partial charge is 0.310 e. The third-order valence-electron chi connectivity index (χ3n) is 16.1. The van der Waals surface area contributed by atoms with E-state index in [1.165, 1.54) is 64.6 Å². The summed E-state index contributed by atoms with van der Waals surface area (Å²) in [7, 11) is 0. The van der Waals surface area contributed by atoms with Gasteiger partial charge in [0, 0.05) is 66.4 Å². The average molecular weight is 1050 g/mol. The summed E-state index contributed by atoms with van der Waals surface area (Å²) < 4.78 is 0. The fourth-order valence-electron chi connectivity index (χ4n) is 12.3. The van der Waals surface area contributed by atoms with Crippen LogP contribution in [-0.2, 0) is 0 Å². The van der Waals surface area contributed by atoms with Crippen molar-refractivity contribution in [1.29, 1.82) is 0 Å². The van der Waals surface area contributed by atoms with Crippen molar-refractivity contribution >= 4 is 133 Å². The molecule has 0 bridgehead atoms. The van der Waals surface area contributed by atoms with E-state index >= 15 is 0 Å². The lowest BCUT2D eigenvalue weighted by Gasteiger charge is -2.31. The Morgan fingerprint density at radius 2 is 0.268 bits per heavy atom. The molecular weight excluding hydrogens is 993 g/mol. The van der Waals surface area contributed by atoms with Crippen molar-refractivity contribution in [2.24, 2.45) is 0 Å². The summed E-state index contributed by atoms with van der Waals surface area (Å²) in [5.41, 5.74) is 13.0. The fraction of sp³-hybridized carbons (Fsp3) is 0. The van der Waals surface area contributed by atoms with E-state index in [0.717, 1.165) is 68.2 Å². The molecule has 82 heavy (non-hydrogen) atoms. The van der Waals surface area contributed by atoms with Crippen LogP contribution in [-0.4, -0.2) is 0 Å². The highest BCUT2D eigenvalue weighted by molar-refractivity contribution is 6.08. The highest BCUT2D eigenvalue weighted by Crippen LogP contribution is 2.48. The van der Waals surface area contributed by atoms with E-state index in [1.54, 1.807) is 0 Å². The van der Waals surface area contributed by atoms with Gasteiger partial charge in [0.2, 0.25) is 0 Å². The highest BCUT2D eigenvalue weighted by Gasteiger charge is 2.23. The molecule has 15 rings (SSSR count). The normalized spacial score (nSPS) is 11.4. The molecule has 4 nitrogen and oxygen atoms in total. The molecule has 0 aromatic heterocycles. The summed E-state index contributed by atoms with van der Waals surface area (Å²) in [6.07, 6.45) is 0. The molecule has 0 atom stereocenters. The van der Waals surface area contributed by atoms with Crippen molar-refractivity contribution in [3.8, 4) is 0 Å². The predicted octanol–water partition coefficient (Wildman–Crippen LogP) is 22.5. The summed E-state index contributed by atoms with van der Waals surface area (Å²) in [4.78, 5) is 9.65. The lowest BCUT2D eigenvalue weighted by Crippen LogP contribution is -2.14. The van der Waals surface area contributed by atoms with E-state index in [1.807, 2.05) is 0 Å². The third kappa shape index (κ3) is 8.58. The van der Waals surface area contributed by atoms with Gasteiger partial charge >= 0.3 is 0 Å². The summed E-state index contributed by atoms with van der Waals surface area (Å²) in [6, 6.07) is 119. The number of benzene rings is 15. The molecule has 0 aliphatic heterocycles. The molecule has 4 heteroatoms. The van der Waals surface area contributed by atoms with Crippen molar-refractivity contribution in [3.63, 3.8) is 0 Å². The maximum absolute atomic E-state index is 2.42. The molecule has 0 saturated heterocycles. The summed E-state index contributed by atoms with van der Waals surface area (Å²) >= 11 is 0. The minimum atomic E-state index is 1.04. The number of fused-ring (bicyclic) bond motifs is 6. The van der Waals surface area contributed by atoms with Crippen LogP contribution >= 0.6 is 0 Å². The van der Waals surface area contributed by atoms with Crippen LogP contribution in [0.1, 0.15) is 0 Å². The van der Waals surface area contributed by atoms with Gasteiger partial charge in [0.25, 0.3) is 0 Å². The van der Waals surface area contributed by atoms with Gasteiger partial charge in [0.15, 0.2) is 0 Å². The Kier molecular flexibility index (Phi) is 12.2. The molecule has 0 spiro atoms. The van der Waals surface area contributed by atoms with E-state index < -0.39 is 0 Å². The molecule has 0 saturated carbocycles. The van der Waals surface area contributed by atoms with Crippen LogP contribution in [0.4, 0.5) is 68.2 Å². The molecule has 15 aromatic rings. The maximum Gasteiger partial charge on any atom is 0.0540 e. The standard InChI is InChI=1S/C78H54N4/c1-7-31-67-55(19-1)25-13-37-73(67)79(63-47-51-65(52-48-63)81(75-39-15-27-57-21-3-9-33-69(57)75)76-40-16-28-58-22-4-10-34-70(58)76)61-43-45-62(46-44-61)80(74-38-14-26-56-20-2-8-32-68(56)74)64-49-53-66(54-50-64)82(77-41-17-29-59-23-5-11-35-71(59)77)78-42-18-30-60-24-6-12-36-72(60)78/h1-54H. The van der Waals surface area contributed by atoms with Crippen LogP contribution in [0, 0.1) is 0 Å². The predicted molar refractivity (Wildman–Crippen MR) is 350 cm³/mol. The average Bonchev–Trinajstić information content (AvgIpc) is 3.72. The van der Waals surface area contributed by atoms with Gasteiger partial charge in [-0.2, -0.15) is 0 Å². The van der Waals surface area contributed by atoms with E-state index in [-0.39, 0.29) is 0 Å². The molecule has 0 amide bonds. The van der Waals surface area contributed by atoms with E-state index in [0.29, 0.717) is 0 Å². The van der Waals surface area contributed by atoms with Crippen molar-refractivity contribution in [2.45, 2.75) is 0 Å². The van der Waals surface area contributed by atoms with Gasteiger partial charge in [-0.05, 0) is 142 Å². The quantitative estimate of drug-likeness (QED) is 0.121. The number of hydrogen-bond acceptors (Lipinski definition) is 4. The Balaban J connectivity index is 0.861. The number of anilines is 12. The first-order valence-electron chi connectivity index (χ1n) is 28.1. The maximum atomic E-state index is 2.42. The second kappa shape index (κ2) is 20.7. The lowest BCUT2D eigenvalue weighted by molar-refractivity contribution is 1.25. The minimum Gasteiger partial charge on any atom is -0.310 e. The van der Waals surface area contributed by atoms with Crippen molar-refractivity contribution in [2.75, 3.05) is 19.6 Å². The molecule has 0 fully saturated rings. The van der Waals surface area contributed by atoms with Crippen molar-refractivity contribution in [3.05, 3.63) is 328 Å². The first-order valence-corrected chi connectivity index (χ1v) is 28.1. The number of nitrogens with zero attached hydrogens (tertiary/aromatic N) is 4. The van der Waals surface area contributed by atoms with E-state index in [2.05, 4.69) is 347 Å². The van der Waals surface area contributed by atoms with Gasteiger partial charge in [-0.3, -0.25) is 0 Å². The van der Waals surface area contributed by atoms with Gasteiger partial charge in [0.1, 0.15) is 0 Å². The Labute approximate surface area is 477 Å².